The summed E-state index contributed by atoms with van der Waals surface area (Å²) in [5.74, 6) is 1.37. The zero-order chi connectivity index (χ0) is 12.8. The van der Waals surface area contributed by atoms with E-state index in [0.29, 0.717) is 19.0 Å². The number of halogens is 1. The molecular weight excluding hydrogens is 264 g/mol. The predicted octanol–water partition coefficient (Wildman–Crippen LogP) is 3.05. The van der Waals surface area contributed by atoms with Crippen LogP contribution >= 0.6 is 12.4 Å². The van der Waals surface area contributed by atoms with Crippen LogP contribution in [0.2, 0.25) is 0 Å². The van der Waals surface area contributed by atoms with Crippen molar-refractivity contribution < 1.29 is 9.26 Å². The average Bonchev–Trinajstić information content (AvgIpc) is 2.81. The first kappa shape index (κ1) is 15.5. The van der Waals surface area contributed by atoms with Gasteiger partial charge < -0.3 is 15.0 Å². The molecule has 0 aliphatic carbocycles. The molecule has 2 rings (SSSR count). The lowest BCUT2D eigenvalue weighted by Gasteiger charge is -2.03. The largest absolute Gasteiger partial charge is 0.474 e. The number of benzene rings is 1. The van der Waals surface area contributed by atoms with Crippen LogP contribution in [-0.2, 0) is 6.42 Å². The number of hydrogen-bond acceptors (Lipinski definition) is 4. The Bertz CT molecular complexity index is 485. The van der Waals surface area contributed by atoms with Crippen molar-refractivity contribution in [3.63, 3.8) is 0 Å². The van der Waals surface area contributed by atoms with Crippen LogP contribution in [0, 0.1) is 0 Å². The highest BCUT2D eigenvalue weighted by Gasteiger charge is 2.17. The number of aromatic nitrogens is 1. The van der Waals surface area contributed by atoms with Gasteiger partial charge in [-0.15, -0.1) is 12.4 Å². The fourth-order valence-corrected chi connectivity index (χ4v) is 1.85. The van der Waals surface area contributed by atoms with E-state index < -0.39 is 0 Å². The summed E-state index contributed by atoms with van der Waals surface area (Å²) in [5.41, 5.74) is 7.48. The molecule has 0 amide bonds. The molecular formula is C14H19ClN2O2. The minimum atomic E-state index is 0. The van der Waals surface area contributed by atoms with E-state index in [-0.39, 0.29) is 12.4 Å². The van der Waals surface area contributed by atoms with Crippen molar-refractivity contribution in [2.45, 2.75) is 19.8 Å². The highest BCUT2D eigenvalue weighted by atomic mass is 35.5. The Morgan fingerprint density at radius 2 is 2.00 bits per heavy atom. The topological polar surface area (TPSA) is 61.3 Å². The van der Waals surface area contributed by atoms with Gasteiger partial charge in [-0.1, -0.05) is 43.7 Å². The van der Waals surface area contributed by atoms with Crippen molar-refractivity contribution >= 4 is 12.4 Å². The van der Waals surface area contributed by atoms with Crippen molar-refractivity contribution in [3.8, 4) is 17.2 Å². The number of nitrogens with zero attached hydrogens (tertiary/aromatic N) is 1. The van der Waals surface area contributed by atoms with Crippen molar-refractivity contribution in [1.29, 1.82) is 0 Å². The van der Waals surface area contributed by atoms with Gasteiger partial charge in [-0.3, -0.25) is 0 Å². The van der Waals surface area contributed by atoms with Crippen LogP contribution < -0.4 is 10.5 Å². The summed E-state index contributed by atoms with van der Waals surface area (Å²) < 4.78 is 10.9. The van der Waals surface area contributed by atoms with Crippen LogP contribution in [0.5, 0.6) is 5.88 Å². The standard InChI is InChI=1S/C14H18N2O2.ClH/c1-2-6-12-13(11-7-4-3-5-8-11)18-16-14(12)17-10-9-15;/h3-5,7-8H,2,6,9-10,15H2,1H3;1H. The zero-order valence-corrected chi connectivity index (χ0v) is 11.8. The Morgan fingerprint density at radius 1 is 1.26 bits per heavy atom. The molecule has 0 aliphatic rings. The number of rotatable bonds is 6. The molecule has 0 saturated carbocycles. The van der Waals surface area contributed by atoms with Crippen LogP contribution in [0.4, 0.5) is 0 Å². The lowest BCUT2D eigenvalue weighted by molar-refractivity contribution is 0.287. The van der Waals surface area contributed by atoms with Gasteiger partial charge in [0.15, 0.2) is 5.76 Å². The average molecular weight is 283 g/mol. The second-order valence-corrected chi connectivity index (χ2v) is 4.05. The molecule has 1 heterocycles. The van der Waals surface area contributed by atoms with E-state index in [1.165, 1.54) is 0 Å². The fourth-order valence-electron chi connectivity index (χ4n) is 1.85. The van der Waals surface area contributed by atoms with E-state index in [2.05, 4.69) is 12.1 Å². The molecule has 0 bridgehead atoms. The number of ether oxygens (including phenoxy) is 1. The van der Waals surface area contributed by atoms with Gasteiger partial charge in [-0.2, -0.15) is 0 Å². The monoisotopic (exact) mass is 282 g/mol. The van der Waals surface area contributed by atoms with Gasteiger partial charge in [0.1, 0.15) is 6.61 Å². The molecule has 0 unspecified atom stereocenters. The van der Waals surface area contributed by atoms with Crippen molar-refractivity contribution in [3.05, 3.63) is 35.9 Å². The summed E-state index contributed by atoms with van der Waals surface area (Å²) in [6.45, 7) is 3.05. The first-order valence-corrected chi connectivity index (χ1v) is 6.23. The normalized spacial score (nSPS) is 10.0. The molecule has 0 atom stereocenters. The first-order valence-electron chi connectivity index (χ1n) is 6.23. The highest BCUT2D eigenvalue weighted by molar-refractivity contribution is 5.85. The molecule has 0 spiro atoms. The molecule has 104 valence electrons. The van der Waals surface area contributed by atoms with Crippen LogP contribution in [-0.4, -0.2) is 18.3 Å². The quantitative estimate of drug-likeness (QED) is 0.884. The van der Waals surface area contributed by atoms with Gasteiger partial charge in [-0.05, 0) is 11.6 Å². The smallest absolute Gasteiger partial charge is 0.258 e. The molecule has 1 aromatic carbocycles. The van der Waals surface area contributed by atoms with Crippen LogP contribution in [0.25, 0.3) is 11.3 Å². The molecule has 1 aromatic heterocycles. The highest BCUT2D eigenvalue weighted by Crippen LogP contribution is 2.31. The summed E-state index contributed by atoms with van der Waals surface area (Å²) in [5, 5.41) is 4.00. The van der Waals surface area contributed by atoms with E-state index >= 15 is 0 Å². The maximum atomic E-state index is 5.51. The predicted molar refractivity (Wildman–Crippen MR) is 77.7 cm³/mol. The SMILES string of the molecule is CCCc1c(OCCN)noc1-c1ccccc1.Cl. The maximum Gasteiger partial charge on any atom is 0.258 e. The minimum Gasteiger partial charge on any atom is -0.474 e. The van der Waals surface area contributed by atoms with E-state index in [4.69, 9.17) is 15.0 Å². The molecule has 0 saturated heterocycles. The van der Waals surface area contributed by atoms with Gasteiger partial charge in [0, 0.05) is 12.1 Å². The maximum absolute atomic E-state index is 5.51. The molecule has 5 heteroatoms. The molecule has 2 aromatic rings. The first-order chi connectivity index (χ1) is 8.86. The Kier molecular flexibility index (Phi) is 6.39. The van der Waals surface area contributed by atoms with Gasteiger partial charge in [-0.25, -0.2) is 0 Å². The number of hydrogen-bond donors (Lipinski definition) is 1. The summed E-state index contributed by atoms with van der Waals surface area (Å²) in [6, 6.07) is 9.95. The summed E-state index contributed by atoms with van der Waals surface area (Å²) in [7, 11) is 0. The molecule has 0 aliphatic heterocycles. The number of nitrogens with two attached hydrogens (primary N) is 1. The Morgan fingerprint density at radius 3 is 2.63 bits per heavy atom. The van der Waals surface area contributed by atoms with E-state index in [0.717, 1.165) is 29.7 Å². The molecule has 19 heavy (non-hydrogen) atoms. The second kappa shape index (κ2) is 7.81. The van der Waals surface area contributed by atoms with Crippen LogP contribution in [0.3, 0.4) is 0 Å². The lowest BCUT2D eigenvalue weighted by atomic mass is 10.1. The second-order valence-electron chi connectivity index (χ2n) is 4.05. The van der Waals surface area contributed by atoms with Crippen molar-refractivity contribution in [2.75, 3.05) is 13.2 Å². The third-order valence-electron chi connectivity index (χ3n) is 2.64. The van der Waals surface area contributed by atoms with Crippen molar-refractivity contribution in [1.82, 2.24) is 5.16 Å². The third-order valence-corrected chi connectivity index (χ3v) is 2.64. The molecule has 4 nitrogen and oxygen atoms in total. The molecule has 2 N–H and O–H groups in total. The molecule has 0 fully saturated rings. The summed E-state index contributed by atoms with van der Waals surface area (Å²) >= 11 is 0. The Hall–Kier alpha value is -1.52. The van der Waals surface area contributed by atoms with E-state index in [9.17, 15) is 0 Å². The van der Waals surface area contributed by atoms with Gasteiger partial charge in [0.2, 0.25) is 0 Å². The summed E-state index contributed by atoms with van der Waals surface area (Å²) in [4.78, 5) is 0. The van der Waals surface area contributed by atoms with Crippen LogP contribution in [0.1, 0.15) is 18.9 Å². The summed E-state index contributed by atoms with van der Waals surface area (Å²) in [6.07, 6.45) is 1.90. The van der Waals surface area contributed by atoms with E-state index in [1.807, 2.05) is 30.3 Å². The molecule has 0 radical (unpaired) electrons. The van der Waals surface area contributed by atoms with E-state index in [1.54, 1.807) is 0 Å². The lowest BCUT2D eigenvalue weighted by Crippen LogP contribution is -2.11. The zero-order valence-electron chi connectivity index (χ0n) is 11.0. The Balaban J connectivity index is 0.00000180. The fraction of sp³-hybridized carbons (Fsp3) is 0.357. The van der Waals surface area contributed by atoms with Gasteiger partial charge >= 0.3 is 0 Å². The third kappa shape index (κ3) is 3.72. The van der Waals surface area contributed by atoms with Crippen LogP contribution in [0.15, 0.2) is 34.9 Å². The van der Waals surface area contributed by atoms with Gasteiger partial charge in [0.05, 0.1) is 5.56 Å². The minimum absolute atomic E-state index is 0. The van der Waals surface area contributed by atoms with Gasteiger partial charge in [0.25, 0.3) is 5.88 Å². The van der Waals surface area contributed by atoms with Crippen molar-refractivity contribution in [2.24, 2.45) is 5.73 Å². The Labute approximate surface area is 119 Å².